The molecule has 0 bridgehead atoms. The first-order valence-corrected chi connectivity index (χ1v) is 8.54. The van der Waals surface area contributed by atoms with E-state index in [4.69, 9.17) is 0 Å². The topological polar surface area (TPSA) is 73.8 Å². The molecule has 8 heteroatoms. The van der Waals surface area contributed by atoms with Crippen molar-refractivity contribution >= 4 is 16.1 Å². The van der Waals surface area contributed by atoms with Crippen molar-refractivity contribution < 1.29 is 13.2 Å². The summed E-state index contributed by atoms with van der Waals surface area (Å²) < 4.78 is 27.3. The van der Waals surface area contributed by atoms with E-state index in [2.05, 4.69) is 4.98 Å². The van der Waals surface area contributed by atoms with Gasteiger partial charge in [-0.3, -0.25) is 9.78 Å². The molecule has 1 fully saturated rings. The van der Waals surface area contributed by atoms with Crippen molar-refractivity contribution in [3.05, 3.63) is 30.1 Å². The van der Waals surface area contributed by atoms with Gasteiger partial charge in [0.05, 0.1) is 5.92 Å². The standard InChI is InChI=1S/C14H22N4O3S/c1-16(2)22(20,21)18-9-8-17(3)14(19)12(11-18)10-13-6-4-5-7-15-13/h4-7,12H,8-11H2,1-3H3. The fraction of sp³-hybridized carbons (Fsp3) is 0.571. The summed E-state index contributed by atoms with van der Waals surface area (Å²) in [7, 11) is 1.18. The molecule has 2 rings (SSSR count). The normalized spacial score (nSPS) is 21.2. The van der Waals surface area contributed by atoms with Crippen molar-refractivity contribution in [2.75, 3.05) is 40.8 Å². The zero-order valence-electron chi connectivity index (χ0n) is 13.1. The number of carbonyl (C=O) groups excluding carboxylic acids is 1. The van der Waals surface area contributed by atoms with Crippen LogP contribution in [0.1, 0.15) is 5.69 Å². The van der Waals surface area contributed by atoms with Crippen LogP contribution < -0.4 is 0 Å². The maximum absolute atomic E-state index is 12.5. The van der Waals surface area contributed by atoms with Crippen LogP contribution in [-0.2, 0) is 21.4 Å². The first kappa shape index (κ1) is 16.9. The average Bonchev–Trinajstić information content (AvgIpc) is 2.62. The monoisotopic (exact) mass is 326 g/mol. The lowest BCUT2D eigenvalue weighted by Gasteiger charge is -2.25. The summed E-state index contributed by atoms with van der Waals surface area (Å²) >= 11 is 0. The molecule has 1 atom stereocenters. The van der Waals surface area contributed by atoms with E-state index in [0.717, 1.165) is 5.69 Å². The van der Waals surface area contributed by atoms with Crippen LogP contribution in [0.2, 0.25) is 0 Å². The Balaban J connectivity index is 2.24. The fourth-order valence-corrected chi connectivity index (χ4v) is 3.60. The van der Waals surface area contributed by atoms with Crippen LogP contribution in [-0.4, -0.2) is 73.6 Å². The van der Waals surface area contributed by atoms with Gasteiger partial charge in [0, 0.05) is 59.1 Å². The summed E-state index contributed by atoms with van der Waals surface area (Å²) in [6.07, 6.45) is 2.11. The predicted molar refractivity (Wildman–Crippen MR) is 83.2 cm³/mol. The number of likely N-dealkylation sites (N-methyl/N-ethyl adjacent to an activating group) is 1. The van der Waals surface area contributed by atoms with E-state index in [-0.39, 0.29) is 12.5 Å². The van der Waals surface area contributed by atoms with E-state index in [1.54, 1.807) is 18.1 Å². The number of pyridine rings is 1. The van der Waals surface area contributed by atoms with Crippen LogP contribution in [0.15, 0.2) is 24.4 Å². The van der Waals surface area contributed by atoms with Crippen molar-refractivity contribution in [3.63, 3.8) is 0 Å². The zero-order chi connectivity index (χ0) is 16.3. The summed E-state index contributed by atoms with van der Waals surface area (Å²) in [6, 6.07) is 5.53. The first-order chi connectivity index (χ1) is 10.3. The fourth-order valence-electron chi connectivity index (χ4n) is 2.46. The maximum Gasteiger partial charge on any atom is 0.281 e. The highest BCUT2D eigenvalue weighted by atomic mass is 32.2. The molecule has 0 saturated carbocycles. The summed E-state index contributed by atoms with van der Waals surface area (Å²) in [5, 5.41) is 0. The lowest BCUT2D eigenvalue weighted by molar-refractivity contribution is -0.133. The Labute approximate surface area is 131 Å². The lowest BCUT2D eigenvalue weighted by atomic mass is 10.0. The Hall–Kier alpha value is -1.51. The third-order valence-corrected chi connectivity index (χ3v) is 5.71. The summed E-state index contributed by atoms with van der Waals surface area (Å²) in [5.41, 5.74) is 0.790. The van der Waals surface area contributed by atoms with Crippen LogP contribution in [0.4, 0.5) is 0 Å². The van der Waals surface area contributed by atoms with Gasteiger partial charge in [-0.25, -0.2) is 0 Å². The Morgan fingerprint density at radius 3 is 2.64 bits per heavy atom. The largest absolute Gasteiger partial charge is 0.344 e. The Morgan fingerprint density at radius 2 is 2.05 bits per heavy atom. The number of nitrogens with zero attached hydrogens (tertiary/aromatic N) is 4. The first-order valence-electron chi connectivity index (χ1n) is 7.15. The third-order valence-electron chi connectivity index (χ3n) is 3.80. The van der Waals surface area contributed by atoms with Gasteiger partial charge in [-0.05, 0) is 12.1 Å². The van der Waals surface area contributed by atoms with Gasteiger partial charge in [-0.1, -0.05) is 6.07 Å². The van der Waals surface area contributed by atoms with Gasteiger partial charge >= 0.3 is 0 Å². The van der Waals surface area contributed by atoms with Gasteiger partial charge in [-0.15, -0.1) is 0 Å². The van der Waals surface area contributed by atoms with E-state index in [1.165, 1.54) is 22.7 Å². The average molecular weight is 326 g/mol. The van der Waals surface area contributed by atoms with E-state index in [1.807, 2.05) is 18.2 Å². The minimum Gasteiger partial charge on any atom is -0.344 e. The molecular formula is C14H22N4O3S. The molecule has 1 aliphatic heterocycles. The smallest absolute Gasteiger partial charge is 0.281 e. The summed E-state index contributed by atoms with van der Waals surface area (Å²) in [6.45, 7) is 0.881. The molecule has 22 heavy (non-hydrogen) atoms. The quantitative estimate of drug-likeness (QED) is 0.769. The van der Waals surface area contributed by atoms with Crippen LogP contribution in [0, 0.1) is 5.92 Å². The molecule has 1 unspecified atom stereocenters. The molecule has 1 saturated heterocycles. The molecule has 0 aromatic carbocycles. The Bertz CT molecular complexity index is 618. The molecule has 0 radical (unpaired) electrons. The van der Waals surface area contributed by atoms with Gasteiger partial charge in [0.15, 0.2) is 0 Å². The summed E-state index contributed by atoms with van der Waals surface area (Å²) in [5.74, 6) is -0.459. The van der Waals surface area contributed by atoms with Crippen LogP contribution >= 0.6 is 0 Å². The second-order valence-electron chi connectivity index (χ2n) is 5.63. The predicted octanol–water partition coefficient (Wildman–Crippen LogP) is -0.179. The van der Waals surface area contributed by atoms with Crippen LogP contribution in [0.25, 0.3) is 0 Å². The number of carbonyl (C=O) groups is 1. The molecule has 1 aromatic rings. The molecular weight excluding hydrogens is 304 g/mol. The van der Waals surface area contributed by atoms with Crippen molar-refractivity contribution in [2.24, 2.45) is 5.92 Å². The van der Waals surface area contributed by atoms with Gasteiger partial charge in [-0.2, -0.15) is 17.0 Å². The molecule has 0 N–H and O–H groups in total. The van der Waals surface area contributed by atoms with E-state index in [9.17, 15) is 13.2 Å². The molecule has 2 heterocycles. The minimum atomic E-state index is -3.53. The van der Waals surface area contributed by atoms with Gasteiger partial charge < -0.3 is 4.90 Å². The minimum absolute atomic E-state index is 0.0397. The number of rotatable bonds is 4. The highest BCUT2D eigenvalue weighted by Gasteiger charge is 2.35. The van der Waals surface area contributed by atoms with Gasteiger partial charge in [0.2, 0.25) is 5.91 Å². The third kappa shape index (κ3) is 3.63. The van der Waals surface area contributed by atoms with E-state index < -0.39 is 16.1 Å². The SMILES string of the molecule is CN1CCN(S(=O)(=O)N(C)C)CC(Cc2ccccn2)C1=O. The summed E-state index contributed by atoms with van der Waals surface area (Å²) in [4.78, 5) is 18.3. The van der Waals surface area contributed by atoms with Crippen molar-refractivity contribution in [3.8, 4) is 0 Å². The van der Waals surface area contributed by atoms with Gasteiger partial charge in [0.25, 0.3) is 10.2 Å². The number of hydrogen-bond acceptors (Lipinski definition) is 4. The van der Waals surface area contributed by atoms with Crippen LogP contribution in [0.3, 0.4) is 0 Å². The lowest BCUT2D eigenvalue weighted by Crippen LogP contribution is -2.43. The van der Waals surface area contributed by atoms with Crippen molar-refractivity contribution in [1.29, 1.82) is 0 Å². The van der Waals surface area contributed by atoms with E-state index in [0.29, 0.717) is 19.5 Å². The maximum atomic E-state index is 12.5. The molecule has 0 aliphatic carbocycles. The molecule has 1 aromatic heterocycles. The number of aromatic nitrogens is 1. The molecule has 7 nitrogen and oxygen atoms in total. The Kier molecular flexibility index (Phi) is 5.15. The number of hydrogen-bond donors (Lipinski definition) is 0. The highest BCUT2D eigenvalue weighted by molar-refractivity contribution is 7.86. The molecule has 1 aliphatic rings. The van der Waals surface area contributed by atoms with E-state index >= 15 is 0 Å². The second kappa shape index (κ2) is 6.72. The molecule has 122 valence electrons. The zero-order valence-corrected chi connectivity index (χ0v) is 14.0. The van der Waals surface area contributed by atoms with Crippen LogP contribution in [0.5, 0.6) is 0 Å². The number of amides is 1. The Morgan fingerprint density at radius 1 is 1.32 bits per heavy atom. The van der Waals surface area contributed by atoms with Crippen molar-refractivity contribution in [2.45, 2.75) is 6.42 Å². The molecule has 1 amide bonds. The van der Waals surface area contributed by atoms with Crippen molar-refractivity contribution in [1.82, 2.24) is 18.5 Å². The van der Waals surface area contributed by atoms with Gasteiger partial charge in [0.1, 0.15) is 0 Å². The highest BCUT2D eigenvalue weighted by Crippen LogP contribution is 2.18. The molecule has 0 spiro atoms. The second-order valence-corrected chi connectivity index (χ2v) is 7.77.